The molecule has 0 aliphatic rings. The average Bonchev–Trinajstić information content (AvgIpc) is 2.72. The van der Waals surface area contributed by atoms with Gasteiger partial charge in [0.15, 0.2) is 0 Å². The lowest BCUT2D eigenvalue weighted by atomic mass is 9.96. The summed E-state index contributed by atoms with van der Waals surface area (Å²) in [4.78, 5) is 12.8. The molecule has 4 heteroatoms. The van der Waals surface area contributed by atoms with Crippen LogP contribution in [0.2, 0.25) is 0 Å². The molecule has 1 amide bonds. The Kier molecular flexibility index (Phi) is 5.65. The van der Waals surface area contributed by atoms with E-state index in [1.165, 1.54) is 0 Å². The van der Waals surface area contributed by atoms with Crippen LogP contribution < -0.4 is 14.8 Å². The van der Waals surface area contributed by atoms with Crippen molar-refractivity contribution < 1.29 is 14.3 Å². The van der Waals surface area contributed by atoms with Gasteiger partial charge in [0.1, 0.15) is 11.5 Å². The summed E-state index contributed by atoms with van der Waals surface area (Å²) in [5.41, 5.74) is 1.95. The summed E-state index contributed by atoms with van der Waals surface area (Å²) < 4.78 is 10.7. The van der Waals surface area contributed by atoms with E-state index in [2.05, 4.69) is 11.4 Å². The second kappa shape index (κ2) is 8.12. The van der Waals surface area contributed by atoms with Gasteiger partial charge in [-0.15, -0.1) is 0 Å². The van der Waals surface area contributed by atoms with Crippen molar-refractivity contribution in [3.8, 4) is 11.5 Å². The van der Waals surface area contributed by atoms with E-state index in [0.29, 0.717) is 0 Å². The number of para-hydroxylation sites is 1. The third-order valence-corrected chi connectivity index (χ3v) is 4.93. The topological polar surface area (TPSA) is 47.6 Å². The lowest BCUT2D eigenvalue weighted by Gasteiger charge is -2.20. The van der Waals surface area contributed by atoms with E-state index >= 15 is 0 Å². The molecule has 0 aliphatic carbocycles. The van der Waals surface area contributed by atoms with Gasteiger partial charge in [-0.3, -0.25) is 4.79 Å². The van der Waals surface area contributed by atoms with E-state index in [-0.39, 0.29) is 17.9 Å². The molecule has 0 bridgehead atoms. The van der Waals surface area contributed by atoms with Crippen molar-refractivity contribution in [1.29, 1.82) is 0 Å². The predicted octanol–water partition coefficient (Wildman–Crippen LogP) is 4.84. The SMILES string of the molecule is COc1ccc2cc([C@@H](C)C(=O)N[C@@H](C)c3ccccc3OC)ccc2c1. The fourth-order valence-corrected chi connectivity index (χ4v) is 3.23. The molecule has 3 aromatic carbocycles. The minimum atomic E-state index is -0.256. The van der Waals surface area contributed by atoms with Gasteiger partial charge < -0.3 is 14.8 Å². The zero-order valence-corrected chi connectivity index (χ0v) is 16.2. The number of fused-ring (bicyclic) bond motifs is 1. The standard InChI is InChI=1S/C23H25NO3/c1-15(17-9-10-19-14-20(26-3)12-11-18(19)13-17)23(25)24-16(2)21-7-5-6-8-22(21)27-4/h5-16H,1-4H3,(H,24,25)/t15-,16+/m1/s1. The predicted molar refractivity (Wildman–Crippen MR) is 108 cm³/mol. The van der Waals surface area contributed by atoms with Gasteiger partial charge >= 0.3 is 0 Å². The summed E-state index contributed by atoms with van der Waals surface area (Å²) >= 11 is 0. The molecule has 0 aromatic heterocycles. The van der Waals surface area contributed by atoms with E-state index in [1.807, 2.05) is 68.4 Å². The van der Waals surface area contributed by atoms with Gasteiger partial charge in [0, 0.05) is 5.56 Å². The Balaban J connectivity index is 1.77. The normalized spacial score (nSPS) is 13.0. The zero-order valence-electron chi connectivity index (χ0n) is 16.2. The van der Waals surface area contributed by atoms with Gasteiger partial charge in [0.2, 0.25) is 5.91 Å². The Hall–Kier alpha value is -3.01. The van der Waals surface area contributed by atoms with Crippen LogP contribution in [0.25, 0.3) is 10.8 Å². The van der Waals surface area contributed by atoms with Gasteiger partial charge in [-0.25, -0.2) is 0 Å². The van der Waals surface area contributed by atoms with Crippen LogP contribution in [0.1, 0.15) is 36.9 Å². The highest BCUT2D eigenvalue weighted by atomic mass is 16.5. The lowest BCUT2D eigenvalue weighted by molar-refractivity contribution is -0.122. The van der Waals surface area contributed by atoms with Crippen LogP contribution in [0.4, 0.5) is 0 Å². The summed E-state index contributed by atoms with van der Waals surface area (Å²) in [6.45, 7) is 3.89. The quantitative estimate of drug-likeness (QED) is 0.682. The fourth-order valence-electron chi connectivity index (χ4n) is 3.23. The second-order valence-electron chi connectivity index (χ2n) is 6.67. The van der Waals surface area contributed by atoms with Crippen molar-refractivity contribution in [3.05, 3.63) is 71.8 Å². The second-order valence-corrected chi connectivity index (χ2v) is 6.67. The minimum Gasteiger partial charge on any atom is -0.497 e. The molecule has 4 nitrogen and oxygen atoms in total. The molecular weight excluding hydrogens is 338 g/mol. The molecule has 1 N–H and O–H groups in total. The van der Waals surface area contributed by atoms with Gasteiger partial charge in [0.25, 0.3) is 0 Å². The molecule has 3 rings (SSSR count). The third kappa shape index (κ3) is 4.05. The lowest BCUT2D eigenvalue weighted by Crippen LogP contribution is -2.30. The first-order valence-corrected chi connectivity index (χ1v) is 9.04. The molecule has 0 unspecified atom stereocenters. The highest BCUT2D eigenvalue weighted by Gasteiger charge is 2.19. The van der Waals surface area contributed by atoms with Crippen LogP contribution >= 0.6 is 0 Å². The number of rotatable bonds is 6. The molecule has 0 aliphatic heterocycles. The van der Waals surface area contributed by atoms with Crippen molar-refractivity contribution in [1.82, 2.24) is 5.32 Å². The summed E-state index contributed by atoms with van der Waals surface area (Å²) in [7, 11) is 3.30. The molecule has 140 valence electrons. The van der Waals surface area contributed by atoms with Crippen molar-refractivity contribution in [2.24, 2.45) is 0 Å². The zero-order chi connectivity index (χ0) is 19.4. The van der Waals surface area contributed by atoms with Crippen molar-refractivity contribution in [3.63, 3.8) is 0 Å². The summed E-state index contributed by atoms with van der Waals surface area (Å²) in [6.07, 6.45) is 0. The first-order valence-electron chi connectivity index (χ1n) is 9.04. The molecule has 0 saturated carbocycles. The van der Waals surface area contributed by atoms with Crippen LogP contribution in [0.5, 0.6) is 11.5 Å². The van der Waals surface area contributed by atoms with E-state index < -0.39 is 0 Å². The van der Waals surface area contributed by atoms with E-state index in [0.717, 1.165) is 33.4 Å². The molecular formula is C23H25NO3. The molecule has 0 saturated heterocycles. The molecule has 27 heavy (non-hydrogen) atoms. The van der Waals surface area contributed by atoms with Crippen LogP contribution in [-0.4, -0.2) is 20.1 Å². The van der Waals surface area contributed by atoms with E-state index in [9.17, 15) is 4.79 Å². The number of carbonyl (C=O) groups excluding carboxylic acids is 1. The molecule has 3 aromatic rings. The monoisotopic (exact) mass is 363 g/mol. The Labute approximate surface area is 160 Å². The largest absolute Gasteiger partial charge is 0.497 e. The molecule has 2 atom stereocenters. The third-order valence-electron chi connectivity index (χ3n) is 4.93. The van der Waals surface area contributed by atoms with Gasteiger partial charge in [-0.1, -0.05) is 42.5 Å². The van der Waals surface area contributed by atoms with Crippen LogP contribution in [0.15, 0.2) is 60.7 Å². The minimum absolute atomic E-state index is 0.0127. The first-order chi connectivity index (χ1) is 13.0. The number of amides is 1. The summed E-state index contributed by atoms with van der Waals surface area (Å²) in [5, 5.41) is 5.28. The summed E-state index contributed by atoms with van der Waals surface area (Å²) in [5.74, 6) is 1.33. The first kappa shape index (κ1) is 18.8. The number of benzene rings is 3. The number of methoxy groups -OCH3 is 2. The Bertz CT molecular complexity index is 951. The van der Waals surface area contributed by atoms with Gasteiger partial charge in [-0.2, -0.15) is 0 Å². The van der Waals surface area contributed by atoms with Crippen molar-refractivity contribution in [2.45, 2.75) is 25.8 Å². The molecule has 0 radical (unpaired) electrons. The smallest absolute Gasteiger partial charge is 0.227 e. The van der Waals surface area contributed by atoms with Crippen LogP contribution in [0, 0.1) is 0 Å². The Morgan fingerprint density at radius 2 is 1.59 bits per heavy atom. The van der Waals surface area contributed by atoms with E-state index in [1.54, 1.807) is 14.2 Å². The number of hydrogen-bond donors (Lipinski definition) is 1. The molecule has 0 spiro atoms. The van der Waals surface area contributed by atoms with Crippen molar-refractivity contribution >= 4 is 16.7 Å². The highest BCUT2D eigenvalue weighted by molar-refractivity contribution is 5.88. The maximum absolute atomic E-state index is 12.8. The molecule has 0 fully saturated rings. The maximum Gasteiger partial charge on any atom is 0.227 e. The van der Waals surface area contributed by atoms with Crippen LogP contribution in [-0.2, 0) is 4.79 Å². The van der Waals surface area contributed by atoms with Crippen molar-refractivity contribution in [2.75, 3.05) is 14.2 Å². The number of nitrogens with one attached hydrogen (secondary N) is 1. The Morgan fingerprint density at radius 1 is 0.889 bits per heavy atom. The number of carbonyl (C=O) groups is 1. The summed E-state index contributed by atoms with van der Waals surface area (Å²) in [6, 6.07) is 19.6. The van der Waals surface area contributed by atoms with Crippen LogP contribution in [0.3, 0.4) is 0 Å². The highest BCUT2D eigenvalue weighted by Crippen LogP contribution is 2.27. The van der Waals surface area contributed by atoms with Gasteiger partial charge in [-0.05, 0) is 48.4 Å². The fraction of sp³-hybridized carbons (Fsp3) is 0.261. The van der Waals surface area contributed by atoms with Gasteiger partial charge in [0.05, 0.1) is 26.2 Å². The average molecular weight is 363 g/mol. The Morgan fingerprint density at radius 3 is 2.33 bits per heavy atom. The number of ether oxygens (including phenoxy) is 2. The number of hydrogen-bond acceptors (Lipinski definition) is 3. The maximum atomic E-state index is 12.8. The van der Waals surface area contributed by atoms with E-state index in [4.69, 9.17) is 9.47 Å². The molecule has 0 heterocycles.